The molecule has 1 aliphatic heterocycles. The Balaban J connectivity index is 1.81. The maximum atomic E-state index is 9.97. The molecule has 1 aliphatic rings. The van der Waals surface area contributed by atoms with Gasteiger partial charge in [-0.15, -0.1) is 0 Å². The van der Waals surface area contributed by atoms with Crippen molar-refractivity contribution < 1.29 is 19.3 Å². The van der Waals surface area contributed by atoms with E-state index >= 15 is 0 Å². The van der Waals surface area contributed by atoms with Crippen LogP contribution in [0.4, 0.5) is 0 Å². The van der Waals surface area contributed by atoms with Crippen molar-refractivity contribution in [3.8, 4) is 11.5 Å². The molecule has 23 heavy (non-hydrogen) atoms. The monoisotopic (exact) mass is 312 g/mol. The summed E-state index contributed by atoms with van der Waals surface area (Å²) in [6, 6.07) is 8.96. The maximum Gasteiger partial charge on any atom is 0.189 e. The van der Waals surface area contributed by atoms with Gasteiger partial charge in [0.2, 0.25) is 0 Å². The van der Waals surface area contributed by atoms with E-state index in [1.807, 2.05) is 32.0 Å². The summed E-state index contributed by atoms with van der Waals surface area (Å²) in [5.41, 5.74) is 3.69. The molecule has 6 nitrogen and oxygen atoms in total. The molecule has 2 heterocycles. The Morgan fingerprint density at radius 2 is 1.74 bits per heavy atom. The SMILES string of the molecule is CCOc1cc2nc3cc(C4OC(C)O4)ccc3nc2cc1O. The Labute approximate surface area is 132 Å². The fraction of sp³-hybridized carbons (Fsp3) is 0.294. The molecule has 1 fully saturated rings. The number of hydrogen-bond donors (Lipinski definition) is 1. The normalized spacial score (nSPS) is 20.6. The molecule has 0 atom stereocenters. The highest BCUT2D eigenvalue weighted by atomic mass is 16.9. The molecule has 0 spiro atoms. The van der Waals surface area contributed by atoms with Crippen molar-refractivity contribution in [2.45, 2.75) is 26.4 Å². The molecule has 0 aliphatic carbocycles. The highest BCUT2D eigenvalue weighted by molar-refractivity contribution is 5.88. The Morgan fingerprint density at radius 3 is 2.48 bits per heavy atom. The lowest BCUT2D eigenvalue weighted by Gasteiger charge is -2.33. The summed E-state index contributed by atoms with van der Waals surface area (Å²) in [7, 11) is 0. The van der Waals surface area contributed by atoms with Crippen LogP contribution in [0.15, 0.2) is 30.3 Å². The standard InChI is InChI=1S/C17H16N2O4/c1-3-21-16-8-14-13(7-15(16)20)18-11-5-4-10(6-12(11)19-14)17-22-9(2)23-17/h4-9,17,20H,3H2,1-2H3. The molecule has 0 amide bonds. The molecular formula is C17H16N2O4. The molecule has 118 valence electrons. The van der Waals surface area contributed by atoms with Gasteiger partial charge in [0.15, 0.2) is 24.1 Å². The van der Waals surface area contributed by atoms with Crippen LogP contribution in [0.3, 0.4) is 0 Å². The van der Waals surface area contributed by atoms with E-state index in [0.717, 1.165) is 16.6 Å². The number of hydrogen-bond acceptors (Lipinski definition) is 6. The van der Waals surface area contributed by atoms with E-state index in [0.29, 0.717) is 23.4 Å². The molecule has 0 unspecified atom stereocenters. The van der Waals surface area contributed by atoms with Gasteiger partial charge in [0.1, 0.15) is 0 Å². The predicted octanol–water partition coefficient (Wildman–Crippen LogP) is 3.28. The zero-order valence-corrected chi connectivity index (χ0v) is 12.8. The van der Waals surface area contributed by atoms with Crippen molar-refractivity contribution in [2.75, 3.05) is 6.61 Å². The van der Waals surface area contributed by atoms with Crippen LogP contribution in [-0.2, 0) is 9.47 Å². The average Bonchev–Trinajstić information content (AvgIpc) is 2.51. The Bertz CT molecular complexity index is 891. The highest BCUT2D eigenvalue weighted by Crippen LogP contribution is 2.34. The van der Waals surface area contributed by atoms with Crippen molar-refractivity contribution in [1.29, 1.82) is 0 Å². The lowest BCUT2D eigenvalue weighted by Crippen LogP contribution is -2.31. The fourth-order valence-corrected chi connectivity index (χ4v) is 2.64. The van der Waals surface area contributed by atoms with Crippen LogP contribution in [0.2, 0.25) is 0 Å². The van der Waals surface area contributed by atoms with Gasteiger partial charge in [-0.25, -0.2) is 9.97 Å². The van der Waals surface area contributed by atoms with E-state index in [9.17, 15) is 5.11 Å². The zero-order chi connectivity index (χ0) is 16.0. The van der Waals surface area contributed by atoms with Crippen molar-refractivity contribution in [3.63, 3.8) is 0 Å². The third-order valence-corrected chi connectivity index (χ3v) is 3.74. The third-order valence-electron chi connectivity index (χ3n) is 3.74. The predicted molar refractivity (Wildman–Crippen MR) is 84.3 cm³/mol. The van der Waals surface area contributed by atoms with E-state index in [-0.39, 0.29) is 18.3 Å². The van der Waals surface area contributed by atoms with Gasteiger partial charge in [-0.3, -0.25) is 0 Å². The molecule has 0 bridgehead atoms. The molecule has 1 saturated heterocycles. The first-order valence-electron chi connectivity index (χ1n) is 7.52. The number of aromatic hydroxyl groups is 1. The lowest BCUT2D eigenvalue weighted by atomic mass is 10.1. The minimum Gasteiger partial charge on any atom is -0.504 e. The van der Waals surface area contributed by atoms with Gasteiger partial charge in [-0.05, 0) is 26.0 Å². The summed E-state index contributed by atoms with van der Waals surface area (Å²) >= 11 is 0. The topological polar surface area (TPSA) is 73.7 Å². The van der Waals surface area contributed by atoms with Gasteiger partial charge < -0.3 is 19.3 Å². The molecule has 1 aromatic heterocycles. The molecule has 1 N–H and O–H groups in total. The number of fused-ring (bicyclic) bond motifs is 2. The smallest absolute Gasteiger partial charge is 0.189 e. The van der Waals surface area contributed by atoms with Gasteiger partial charge in [0, 0.05) is 17.7 Å². The van der Waals surface area contributed by atoms with Crippen LogP contribution in [0.5, 0.6) is 11.5 Å². The van der Waals surface area contributed by atoms with Crippen LogP contribution in [0, 0.1) is 0 Å². The van der Waals surface area contributed by atoms with Crippen LogP contribution >= 0.6 is 0 Å². The van der Waals surface area contributed by atoms with Crippen molar-refractivity contribution >= 4 is 22.1 Å². The minimum absolute atomic E-state index is 0.0647. The van der Waals surface area contributed by atoms with Gasteiger partial charge >= 0.3 is 0 Å². The Morgan fingerprint density at radius 1 is 1.04 bits per heavy atom. The molecule has 6 heteroatoms. The van der Waals surface area contributed by atoms with Crippen molar-refractivity contribution in [3.05, 3.63) is 35.9 Å². The summed E-state index contributed by atoms with van der Waals surface area (Å²) in [5.74, 6) is 0.471. The highest BCUT2D eigenvalue weighted by Gasteiger charge is 2.28. The number of phenolic OH excluding ortho intramolecular Hbond substituents is 1. The fourth-order valence-electron chi connectivity index (χ4n) is 2.64. The molecule has 0 radical (unpaired) electrons. The second-order valence-corrected chi connectivity index (χ2v) is 5.39. The van der Waals surface area contributed by atoms with Crippen molar-refractivity contribution in [2.24, 2.45) is 0 Å². The summed E-state index contributed by atoms with van der Waals surface area (Å²) in [5, 5.41) is 9.97. The number of aromatic nitrogens is 2. The maximum absolute atomic E-state index is 9.97. The van der Waals surface area contributed by atoms with Crippen LogP contribution in [0.25, 0.3) is 22.1 Å². The minimum atomic E-state index is -0.342. The van der Waals surface area contributed by atoms with E-state index < -0.39 is 0 Å². The average molecular weight is 312 g/mol. The molecule has 3 aromatic rings. The summed E-state index contributed by atoms with van der Waals surface area (Å²) < 4.78 is 16.4. The van der Waals surface area contributed by atoms with Gasteiger partial charge in [0.05, 0.1) is 28.7 Å². The summed E-state index contributed by atoms with van der Waals surface area (Å²) in [6.07, 6.45) is -0.513. The number of rotatable bonds is 3. The van der Waals surface area contributed by atoms with Crippen LogP contribution < -0.4 is 4.74 Å². The molecular weight excluding hydrogens is 296 g/mol. The summed E-state index contributed by atoms with van der Waals surface area (Å²) in [4.78, 5) is 9.16. The second kappa shape index (κ2) is 5.33. The third kappa shape index (κ3) is 2.46. The number of nitrogens with zero attached hydrogens (tertiary/aromatic N) is 2. The van der Waals surface area contributed by atoms with Gasteiger partial charge in [-0.2, -0.15) is 0 Å². The quantitative estimate of drug-likeness (QED) is 0.748. The molecule has 0 saturated carbocycles. The van der Waals surface area contributed by atoms with Gasteiger partial charge in [-0.1, -0.05) is 6.07 Å². The van der Waals surface area contributed by atoms with Crippen molar-refractivity contribution in [1.82, 2.24) is 9.97 Å². The first-order chi connectivity index (χ1) is 11.1. The molecule has 4 rings (SSSR count). The zero-order valence-electron chi connectivity index (χ0n) is 12.8. The molecule has 2 aromatic carbocycles. The first-order valence-corrected chi connectivity index (χ1v) is 7.52. The van der Waals surface area contributed by atoms with E-state index in [2.05, 4.69) is 9.97 Å². The van der Waals surface area contributed by atoms with E-state index in [4.69, 9.17) is 14.2 Å². The van der Waals surface area contributed by atoms with Crippen LogP contribution in [0.1, 0.15) is 25.7 Å². The Hall–Kier alpha value is -2.44. The largest absolute Gasteiger partial charge is 0.504 e. The summed E-state index contributed by atoms with van der Waals surface area (Å²) in [6.45, 7) is 4.19. The second-order valence-electron chi connectivity index (χ2n) is 5.39. The van der Waals surface area contributed by atoms with Crippen LogP contribution in [-0.4, -0.2) is 28.0 Å². The van der Waals surface area contributed by atoms with Gasteiger partial charge in [0.25, 0.3) is 0 Å². The number of ether oxygens (including phenoxy) is 3. The van der Waals surface area contributed by atoms with E-state index in [1.54, 1.807) is 12.1 Å². The lowest BCUT2D eigenvalue weighted by molar-refractivity contribution is -0.382. The Kier molecular flexibility index (Phi) is 3.28. The number of phenols is 1. The number of benzene rings is 2. The van der Waals surface area contributed by atoms with E-state index in [1.165, 1.54) is 0 Å². The first kappa shape index (κ1) is 14.2.